The van der Waals surface area contributed by atoms with E-state index in [1.807, 2.05) is 0 Å². The molecule has 94 valence electrons. The smallest absolute Gasteiger partial charge is 0.320 e. The molecule has 0 fully saturated rings. The maximum atomic E-state index is 11.5. The van der Waals surface area contributed by atoms with Crippen LogP contribution in [-0.2, 0) is 0 Å². The normalized spacial score (nSPS) is 11.4. The molecule has 0 aromatic heterocycles. The highest BCUT2D eigenvalue weighted by Crippen LogP contribution is 2.39. The van der Waals surface area contributed by atoms with Gasteiger partial charge in [0, 0.05) is 12.1 Å². The van der Waals surface area contributed by atoms with E-state index in [0.29, 0.717) is 22.2 Å². The number of fused-ring (bicyclic) bond motifs is 1. The Labute approximate surface area is 109 Å². The first-order chi connectivity index (χ1) is 8.70. The van der Waals surface area contributed by atoms with Crippen LogP contribution < -0.4 is 20.1 Å². The number of hydrogen-bond donors (Lipinski definition) is 2. The van der Waals surface area contributed by atoms with E-state index < -0.39 is 0 Å². The van der Waals surface area contributed by atoms with Crippen LogP contribution in [0.2, 0.25) is 5.02 Å². The first-order valence-corrected chi connectivity index (χ1v) is 5.62. The molecule has 18 heavy (non-hydrogen) atoms. The molecule has 1 aromatic rings. The van der Waals surface area contributed by atoms with Crippen molar-refractivity contribution >= 4 is 23.3 Å². The Balaban J connectivity index is 2.04. The van der Waals surface area contributed by atoms with E-state index in [0.717, 1.165) is 0 Å². The molecular weight excluding hydrogens is 256 g/mol. The molecule has 1 aromatic carbocycles. The monoisotopic (exact) mass is 266 g/mol. The minimum absolute atomic E-state index is 0.160. The average molecular weight is 267 g/mol. The predicted molar refractivity (Wildman–Crippen MR) is 68.0 cm³/mol. The minimum atomic E-state index is -0.376. The van der Waals surface area contributed by atoms with Crippen LogP contribution in [0.25, 0.3) is 0 Å². The van der Waals surface area contributed by atoms with E-state index in [1.165, 1.54) is 0 Å². The Morgan fingerprint density at radius 2 is 2.17 bits per heavy atom. The Morgan fingerprint density at radius 3 is 2.89 bits per heavy atom. The lowest BCUT2D eigenvalue weighted by Gasteiger charge is -2.08. The van der Waals surface area contributed by atoms with Crippen molar-refractivity contribution in [2.45, 2.75) is 6.92 Å². The molecular formula is C12H11ClN2O3. The van der Waals surface area contributed by atoms with Crippen molar-refractivity contribution in [3.63, 3.8) is 0 Å². The number of hydrogen-bond acceptors (Lipinski definition) is 3. The number of rotatable bonds is 2. The summed E-state index contributed by atoms with van der Waals surface area (Å²) in [4.78, 5) is 11.5. The molecule has 1 aliphatic rings. The number of benzene rings is 1. The third-order valence-corrected chi connectivity index (χ3v) is 2.54. The minimum Gasteiger partial charge on any atom is -0.454 e. The number of carbonyl (C=O) groups is 1. The Kier molecular flexibility index (Phi) is 3.80. The number of carbonyl (C=O) groups excluding carboxylic acids is 1. The molecule has 2 rings (SSSR count). The van der Waals surface area contributed by atoms with Gasteiger partial charge in [-0.3, -0.25) is 0 Å². The Morgan fingerprint density at radius 1 is 1.44 bits per heavy atom. The largest absolute Gasteiger partial charge is 0.454 e. The standard InChI is InChI=1S/C12H11ClN2O3/c1-2-3-4-14-12(16)15-9-6-11-10(5-8(9)13)17-7-18-11/h5-6H,4,7H2,1H3,(H2,14,15,16). The molecule has 0 atom stereocenters. The zero-order valence-corrected chi connectivity index (χ0v) is 10.4. The molecule has 0 saturated carbocycles. The molecule has 0 aliphatic carbocycles. The highest BCUT2D eigenvalue weighted by molar-refractivity contribution is 6.34. The SMILES string of the molecule is CC#CCNC(=O)Nc1cc2c(cc1Cl)OCO2. The van der Waals surface area contributed by atoms with Gasteiger partial charge in [-0.25, -0.2) is 4.79 Å². The van der Waals surface area contributed by atoms with Crippen molar-refractivity contribution < 1.29 is 14.3 Å². The molecule has 0 spiro atoms. The van der Waals surface area contributed by atoms with E-state index in [4.69, 9.17) is 21.1 Å². The van der Waals surface area contributed by atoms with Crippen molar-refractivity contribution in [2.75, 3.05) is 18.7 Å². The fourth-order valence-electron chi connectivity index (χ4n) is 1.39. The Hall–Kier alpha value is -2.06. The molecule has 1 heterocycles. The molecule has 0 unspecified atom stereocenters. The average Bonchev–Trinajstić information content (AvgIpc) is 2.77. The lowest BCUT2D eigenvalue weighted by Crippen LogP contribution is -2.29. The first kappa shape index (κ1) is 12.4. The molecule has 0 radical (unpaired) electrons. The highest BCUT2D eigenvalue weighted by Gasteiger charge is 2.17. The molecule has 2 N–H and O–H groups in total. The number of amides is 2. The maximum Gasteiger partial charge on any atom is 0.320 e. The van der Waals surface area contributed by atoms with Crippen LogP contribution in [0.3, 0.4) is 0 Å². The summed E-state index contributed by atoms with van der Waals surface area (Å²) in [5.74, 6) is 6.53. The van der Waals surface area contributed by atoms with Crippen LogP contribution >= 0.6 is 11.6 Å². The topological polar surface area (TPSA) is 59.6 Å². The maximum absolute atomic E-state index is 11.5. The van der Waals surface area contributed by atoms with E-state index in [-0.39, 0.29) is 19.4 Å². The van der Waals surface area contributed by atoms with Gasteiger partial charge in [0.05, 0.1) is 17.3 Å². The van der Waals surface area contributed by atoms with E-state index in [1.54, 1.807) is 19.1 Å². The molecule has 6 heteroatoms. The van der Waals surface area contributed by atoms with Crippen LogP contribution in [0, 0.1) is 11.8 Å². The van der Waals surface area contributed by atoms with Crippen molar-refractivity contribution in [2.24, 2.45) is 0 Å². The van der Waals surface area contributed by atoms with Gasteiger partial charge in [0.1, 0.15) is 0 Å². The van der Waals surface area contributed by atoms with Gasteiger partial charge in [0.25, 0.3) is 0 Å². The summed E-state index contributed by atoms with van der Waals surface area (Å²) in [5, 5.41) is 5.57. The number of urea groups is 1. The lowest BCUT2D eigenvalue weighted by atomic mass is 10.3. The second-order valence-electron chi connectivity index (χ2n) is 3.42. The van der Waals surface area contributed by atoms with Crippen LogP contribution in [0.15, 0.2) is 12.1 Å². The zero-order chi connectivity index (χ0) is 13.0. The fraction of sp³-hybridized carbons (Fsp3) is 0.250. The zero-order valence-electron chi connectivity index (χ0n) is 9.67. The summed E-state index contributed by atoms with van der Waals surface area (Å²) in [6.45, 7) is 2.15. The number of halogens is 1. The second kappa shape index (κ2) is 5.52. The van der Waals surface area contributed by atoms with E-state index in [2.05, 4.69) is 22.5 Å². The van der Waals surface area contributed by atoms with Crippen LogP contribution in [0.1, 0.15) is 6.92 Å². The van der Waals surface area contributed by atoms with Crippen molar-refractivity contribution in [1.82, 2.24) is 5.32 Å². The second-order valence-corrected chi connectivity index (χ2v) is 3.83. The van der Waals surface area contributed by atoms with Gasteiger partial charge in [-0.15, -0.1) is 5.92 Å². The summed E-state index contributed by atoms with van der Waals surface area (Å²) < 4.78 is 10.4. The third kappa shape index (κ3) is 2.79. The van der Waals surface area contributed by atoms with Crippen molar-refractivity contribution in [1.29, 1.82) is 0 Å². The van der Waals surface area contributed by atoms with Crippen LogP contribution in [0.4, 0.5) is 10.5 Å². The molecule has 0 bridgehead atoms. The number of anilines is 1. The van der Waals surface area contributed by atoms with E-state index >= 15 is 0 Å². The lowest BCUT2D eigenvalue weighted by molar-refractivity contribution is 0.174. The van der Waals surface area contributed by atoms with Gasteiger partial charge in [0.2, 0.25) is 6.79 Å². The number of nitrogens with one attached hydrogen (secondary N) is 2. The van der Waals surface area contributed by atoms with Crippen molar-refractivity contribution in [3.8, 4) is 23.3 Å². The van der Waals surface area contributed by atoms with Gasteiger partial charge in [-0.05, 0) is 6.92 Å². The first-order valence-electron chi connectivity index (χ1n) is 5.24. The highest BCUT2D eigenvalue weighted by atomic mass is 35.5. The van der Waals surface area contributed by atoms with Gasteiger partial charge in [-0.2, -0.15) is 0 Å². The molecule has 1 aliphatic heterocycles. The predicted octanol–water partition coefficient (Wildman–Crippen LogP) is 2.21. The summed E-state index contributed by atoms with van der Waals surface area (Å²) >= 11 is 6.01. The summed E-state index contributed by atoms with van der Waals surface area (Å²) in [6, 6.07) is 2.85. The van der Waals surface area contributed by atoms with Gasteiger partial charge in [-0.1, -0.05) is 17.5 Å². The van der Waals surface area contributed by atoms with Gasteiger partial charge in [0.15, 0.2) is 11.5 Å². The summed E-state index contributed by atoms with van der Waals surface area (Å²) in [6.07, 6.45) is 0. The van der Waals surface area contributed by atoms with Crippen molar-refractivity contribution in [3.05, 3.63) is 17.2 Å². The summed E-state index contributed by atoms with van der Waals surface area (Å²) in [7, 11) is 0. The fourth-order valence-corrected chi connectivity index (χ4v) is 1.59. The van der Waals surface area contributed by atoms with E-state index in [9.17, 15) is 4.79 Å². The van der Waals surface area contributed by atoms with Crippen LogP contribution in [0.5, 0.6) is 11.5 Å². The quantitative estimate of drug-likeness (QED) is 0.807. The Bertz CT molecular complexity index is 534. The summed E-state index contributed by atoms with van der Waals surface area (Å²) in [5.41, 5.74) is 0.461. The van der Waals surface area contributed by atoms with Gasteiger partial charge < -0.3 is 20.1 Å². The third-order valence-electron chi connectivity index (χ3n) is 2.22. The van der Waals surface area contributed by atoms with Gasteiger partial charge >= 0.3 is 6.03 Å². The molecule has 5 nitrogen and oxygen atoms in total. The van der Waals surface area contributed by atoms with Crippen LogP contribution in [-0.4, -0.2) is 19.4 Å². The number of ether oxygens (including phenoxy) is 2. The molecule has 2 amide bonds. The molecule has 0 saturated heterocycles.